The Balaban J connectivity index is 1.12. The summed E-state index contributed by atoms with van der Waals surface area (Å²) in [4.78, 5) is 4.04. The molecule has 13 aromatic rings. The minimum atomic E-state index is -4.49. The van der Waals surface area contributed by atoms with Crippen molar-refractivity contribution >= 4 is 49.3 Å². The van der Waals surface area contributed by atoms with Gasteiger partial charge in [0.25, 0.3) is 0 Å². The van der Waals surface area contributed by atoms with Gasteiger partial charge in [-0.2, -0.15) is 13.2 Å². The Morgan fingerprint density at radius 3 is 1.05 bits per heavy atom. The van der Waals surface area contributed by atoms with Gasteiger partial charge >= 0.3 is 6.18 Å². The van der Waals surface area contributed by atoms with Crippen molar-refractivity contribution in [3.63, 3.8) is 0 Å². The summed E-state index contributed by atoms with van der Waals surface area (Å²) >= 11 is 0. The van der Waals surface area contributed by atoms with E-state index in [1.165, 1.54) is 45.5 Å². The highest BCUT2D eigenvalue weighted by Crippen LogP contribution is 2.46. The molecule has 0 radical (unpaired) electrons. The fourth-order valence-corrected chi connectivity index (χ4v) is 12.1. The van der Waals surface area contributed by atoms with Gasteiger partial charge in [0.2, 0.25) is 0 Å². The lowest BCUT2D eigenvalue weighted by Gasteiger charge is -2.21. The molecular weight excluding hydrogens is 976 g/mol. The number of hydrogen-bond donors (Lipinski definition) is 0. The number of benzene rings is 11. The number of nitrogens with zero attached hydrogens (tertiary/aromatic N) is 3. The lowest BCUT2D eigenvalue weighted by atomic mass is 9.93. The minimum Gasteiger partial charge on any atom is -0.309 e. The highest BCUT2D eigenvalue weighted by atomic mass is 19.4. The molecule has 0 unspecified atom stereocenters. The SMILES string of the molecule is [C-]#[N+]c1ccc(-n2c3ccc(-c4ccccc4C)cc3c3cc(-c4ccccc4C)ccc32)c(-c2ccc(-c3ccc(C(F)(F)F)cc3C)cc2-n2c3ccc(-c4ccccc4C)cc3c3cc(-c4ccccc4C)ccc32)c1. The number of aryl methyl sites for hydroxylation is 5. The smallest absolute Gasteiger partial charge is 0.309 e. The molecule has 380 valence electrons. The van der Waals surface area contributed by atoms with Crippen LogP contribution in [0, 0.1) is 41.2 Å². The summed E-state index contributed by atoms with van der Waals surface area (Å²) in [5.74, 6) is 0. The molecule has 13 rings (SSSR count). The number of rotatable bonds is 8. The van der Waals surface area contributed by atoms with Crippen molar-refractivity contribution in [3.05, 3.63) is 269 Å². The lowest BCUT2D eigenvalue weighted by Crippen LogP contribution is -2.05. The first-order valence-corrected chi connectivity index (χ1v) is 26.6. The van der Waals surface area contributed by atoms with Crippen LogP contribution in [0.25, 0.3) is 127 Å². The Bertz CT molecular complexity index is 4470. The summed E-state index contributed by atoms with van der Waals surface area (Å²) in [5.41, 5.74) is 22.8. The normalized spacial score (nSPS) is 11.8. The zero-order chi connectivity index (χ0) is 54.3. The molecule has 0 saturated carbocycles. The summed E-state index contributed by atoms with van der Waals surface area (Å²) in [5, 5.41) is 4.30. The summed E-state index contributed by atoms with van der Waals surface area (Å²) < 4.78 is 47.3. The first-order valence-electron chi connectivity index (χ1n) is 26.6. The maximum absolute atomic E-state index is 14.2. The third-order valence-electron chi connectivity index (χ3n) is 16.1. The van der Waals surface area contributed by atoms with Crippen LogP contribution < -0.4 is 0 Å². The second kappa shape index (κ2) is 19.1. The van der Waals surface area contributed by atoms with Crippen LogP contribution in [-0.2, 0) is 6.18 Å². The van der Waals surface area contributed by atoms with Gasteiger partial charge in [-0.3, -0.25) is 0 Å². The average molecular weight is 1030 g/mol. The van der Waals surface area contributed by atoms with Crippen molar-refractivity contribution in [2.75, 3.05) is 0 Å². The maximum Gasteiger partial charge on any atom is 0.416 e. The van der Waals surface area contributed by atoms with E-state index < -0.39 is 11.7 Å². The maximum atomic E-state index is 14.2. The van der Waals surface area contributed by atoms with Gasteiger partial charge in [0, 0.05) is 27.1 Å². The number of fused-ring (bicyclic) bond motifs is 6. The van der Waals surface area contributed by atoms with Crippen LogP contribution in [0.5, 0.6) is 0 Å². The van der Waals surface area contributed by atoms with E-state index in [0.29, 0.717) is 16.8 Å². The standard InChI is InChI=1S/C73H52F3N3/c1-44-15-7-11-19-56(44)49-24-32-67-62(38-49)63-39-50(57-20-12-8-16-45(57)2)25-33-68(63)78(67)71-36-29-55(77-6)43-66(71)61-30-23-53(60-31-28-54(37-48(60)5)73(74,75)76)42-72(61)79-69-34-26-51(58-21-13-9-17-46(58)3)40-64(69)65-41-52(27-35-70(65)79)59-22-14-10-18-47(59)4/h7-43H,1-5H3. The molecule has 0 aliphatic heterocycles. The molecule has 0 N–H and O–H groups in total. The van der Waals surface area contributed by atoms with E-state index in [1.807, 2.05) is 18.2 Å². The third-order valence-corrected chi connectivity index (χ3v) is 16.1. The predicted molar refractivity (Wildman–Crippen MR) is 323 cm³/mol. The van der Waals surface area contributed by atoms with E-state index in [1.54, 1.807) is 13.0 Å². The van der Waals surface area contributed by atoms with Crippen molar-refractivity contribution in [3.8, 4) is 78.1 Å². The zero-order valence-electron chi connectivity index (χ0n) is 44.3. The van der Waals surface area contributed by atoms with Gasteiger partial charge in [0.1, 0.15) is 0 Å². The van der Waals surface area contributed by atoms with E-state index in [0.717, 1.165) is 105 Å². The molecule has 79 heavy (non-hydrogen) atoms. The van der Waals surface area contributed by atoms with Crippen molar-refractivity contribution in [1.82, 2.24) is 9.13 Å². The topological polar surface area (TPSA) is 14.2 Å². The Hall–Kier alpha value is -9.70. The molecule has 2 aromatic heterocycles. The third kappa shape index (κ3) is 8.38. The van der Waals surface area contributed by atoms with Gasteiger partial charge in [-0.1, -0.05) is 146 Å². The Morgan fingerprint density at radius 2 is 0.671 bits per heavy atom. The van der Waals surface area contributed by atoms with Crippen molar-refractivity contribution < 1.29 is 13.2 Å². The van der Waals surface area contributed by atoms with E-state index in [4.69, 9.17) is 6.57 Å². The highest BCUT2D eigenvalue weighted by molar-refractivity contribution is 6.14. The number of hydrogen-bond acceptors (Lipinski definition) is 0. The monoisotopic (exact) mass is 1030 g/mol. The molecule has 6 heteroatoms. The fourth-order valence-electron chi connectivity index (χ4n) is 12.1. The molecule has 11 aromatic carbocycles. The van der Waals surface area contributed by atoms with Gasteiger partial charge in [0.05, 0.1) is 45.6 Å². The molecule has 0 atom stereocenters. The molecule has 0 saturated heterocycles. The van der Waals surface area contributed by atoms with Gasteiger partial charge in [-0.25, -0.2) is 4.85 Å². The summed E-state index contributed by atoms with van der Waals surface area (Å²) in [7, 11) is 0. The van der Waals surface area contributed by atoms with Gasteiger partial charge in [-0.15, -0.1) is 0 Å². The summed E-state index contributed by atoms with van der Waals surface area (Å²) in [6, 6.07) is 76.8. The van der Waals surface area contributed by atoms with Crippen LogP contribution in [0.3, 0.4) is 0 Å². The molecule has 0 aliphatic rings. The molecule has 2 heterocycles. The first kappa shape index (κ1) is 48.9. The molecular formula is C73H52F3N3. The summed E-state index contributed by atoms with van der Waals surface area (Å²) in [6.45, 7) is 18.8. The molecule has 0 spiro atoms. The largest absolute Gasteiger partial charge is 0.416 e. The minimum absolute atomic E-state index is 0.477. The van der Waals surface area contributed by atoms with Crippen LogP contribution >= 0.6 is 0 Å². The van der Waals surface area contributed by atoms with Crippen LogP contribution in [0.15, 0.2) is 224 Å². The molecule has 3 nitrogen and oxygen atoms in total. The Kier molecular flexibility index (Phi) is 11.8. The summed E-state index contributed by atoms with van der Waals surface area (Å²) in [6.07, 6.45) is -4.49. The molecule has 0 fully saturated rings. The molecule has 0 bridgehead atoms. The van der Waals surface area contributed by atoms with Crippen molar-refractivity contribution in [1.29, 1.82) is 0 Å². The van der Waals surface area contributed by atoms with Crippen LogP contribution in [0.1, 0.15) is 33.4 Å². The van der Waals surface area contributed by atoms with E-state index in [-0.39, 0.29) is 0 Å². The second-order valence-electron chi connectivity index (χ2n) is 20.9. The van der Waals surface area contributed by atoms with Crippen LogP contribution in [-0.4, -0.2) is 9.13 Å². The lowest BCUT2D eigenvalue weighted by molar-refractivity contribution is -0.137. The van der Waals surface area contributed by atoms with Gasteiger partial charge < -0.3 is 9.13 Å². The second-order valence-corrected chi connectivity index (χ2v) is 20.9. The molecule has 0 amide bonds. The molecule has 0 aliphatic carbocycles. The fraction of sp³-hybridized carbons (Fsp3) is 0.0822. The Labute approximate surface area is 457 Å². The van der Waals surface area contributed by atoms with Crippen molar-refractivity contribution in [2.24, 2.45) is 0 Å². The van der Waals surface area contributed by atoms with E-state index in [2.05, 4.69) is 230 Å². The van der Waals surface area contributed by atoms with Crippen LogP contribution in [0.2, 0.25) is 0 Å². The van der Waals surface area contributed by atoms with E-state index >= 15 is 0 Å². The Morgan fingerprint density at radius 1 is 0.316 bits per heavy atom. The zero-order valence-corrected chi connectivity index (χ0v) is 44.3. The average Bonchev–Trinajstić information content (AvgIpc) is 3.99. The van der Waals surface area contributed by atoms with Crippen molar-refractivity contribution in [2.45, 2.75) is 40.8 Å². The number of alkyl halides is 3. The number of aromatic nitrogens is 2. The van der Waals surface area contributed by atoms with Gasteiger partial charge in [-0.05, 0) is 202 Å². The predicted octanol–water partition coefficient (Wildman–Crippen LogP) is 21.0. The quantitative estimate of drug-likeness (QED) is 0.135. The highest BCUT2D eigenvalue weighted by Gasteiger charge is 2.31. The van der Waals surface area contributed by atoms with Crippen LogP contribution in [0.4, 0.5) is 18.9 Å². The van der Waals surface area contributed by atoms with E-state index in [9.17, 15) is 13.2 Å². The first-order chi connectivity index (χ1) is 38.3. The van der Waals surface area contributed by atoms with Gasteiger partial charge in [0.15, 0.2) is 5.69 Å². The number of halogens is 3.